The van der Waals surface area contributed by atoms with Crippen LogP contribution in [0.4, 0.5) is 14.6 Å². The Morgan fingerprint density at radius 2 is 1.80 bits per heavy atom. The second-order valence-corrected chi connectivity index (χ2v) is 2.09. The number of rotatable bonds is 1. The quantitative estimate of drug-likeness (QED) is 0.576. The zero-order valence-electron chi connectivity index (χ0n) is 4.89. The Balaban J connectivity index is 3.03. The van der Waals surface area contributed by atoms with Crippen molar-refractivity contribution in [2.75, 3.05) is 5.34 Å². The molecule has 0 heterocycles. The molecule has 0 N–H and O–H groups in total. The first-order valence-corrected chi connectivity index (χ1v) is 2.96. The number of hydrogen-bond donors (Lipinski definition) is 0. The summed E-state index contributed by atoms with van der Waals surface area (Å²) >= 11 is 5.40. The molecule has 0 radical (unpaired) electrons. The fourth-order valence-corrected chi connectivity index (χ4v) is 0.788. The van der Waals surface area contributed by atoms with Crippen LogP contribution in [0.2, 0.25) is 5.02 Å². The van der Waals surface area contributed by atoms with Crippen molar-refractivity contribution in [3.05, 3.63) is 29.3 Å². The fraction of sp³-hybridized carbons (Fsp3) is 0. The lowest BCUT2D eigenvalue weighted by molar-refractivity contribution is 0.235. The van der Waals surface area contributed by atoms with Crippen molar-refractivity contribution < 1.29 is 8.96 Å². The first kappa shape index (κ1) is 7.28. The summed E-state index contributed by atoms with van der Waals surface area (Å²) in [7, 11) is 0. The molecule has 0 aliphatic rings. The highest BCUT2D eigenvalue weighted by atomic mass is 35.5. The first-order valence-electron chi connectivity index (χ1n) is 2.58. The van der Waals surface area contributed by atoms with Crippen LogP contribution in [0, 0.1) is 0 Å². The van der Waals surface area contributed by atoms with Crippen LogP contribution in [0.15, 0.2) is 24.3 Å². The van der Waals surface area contributed by atoms with Crippen molar-refractivity contribution >= 4 is 17.3 Å². The van der Waals surface area contributed by atoms with Gasteiger partial charge in [0.1, 0.15) is 5.69 Å². The Hall–Kier alpha value is -0.830. The lowest BCUT2D eigenvalue weighted by atomic mass is 10.3. The molecule has 1 aromatic rings. The van der Waals surface area contributed by atoms with Crippen LogP contribution in [0.1, 0.15) is 0 Å². The zero-order valence-corrected chi connectivity index (χ0v) is 5.65. The van der Waals surface area contributed by atoms with E-state index in [1.165, 1.54) is 18.2 Å². The number of hydrogen-bond acceptors (Lipinski definition) is 1. The summed E-state index contributed by atoms with van der Waals surface area (Å²) in [4.78, 5) is 0. The lowest BCUT2D eigenvalue weighted by Crippen LogP contribution is -1.95. The predicted molar refractivity (Wildman–Crippen MR) is 36.1 cm³/mol. The van der Waals surface area contributed by atoms with Gasteiger partial charge in [-0.1, -0.05) is 32.7 Å². The third kappa shape index (κ3) is 1.36. The molecule has 0 aliphatic carbocycles. The summed E-state index contributed by atoms with van der Waals surface area (Å²) in [5, 5.41) is -0.963. The van der Waals surface area contributed by atoms with Crippen molar-refractivity contribution in [3.8, 4) is 0 Å². The Morgan fingerprint density at radius 3 is 2.20 bits per heavy atom. The van der Waals surface area contributed by atoms with E-state index in [4.69, 9.17) is 11.6 Å². The van der Waals surface area contributed by atoms with Gasteiger partial charge < -0.3 is 0 Å². The number of anilines is 1. The van der Waals surface area contributed by atoms with Gasteiger partial charge in [0.2, 0.25) is 0 Å². The SMILES string of the molecule is FN(F)c1ccccc1Cl. The highest BCUT2D eigenvalue weighted by Crippen LogP contribution is 2.25. The number of nitrogens with zero attached hydrogens (tertiary/aromatic N) is 1. The molecule has 1 aromatic carbocycles. The normalized spacial score (nSPS) is 9.50. The second-order valence-electron chi connectivity index (χ2n) is 1.68. The predicted octanol–water partition coefficient (Wildman–Crippen LogP) is 2.92. The molecule has 0 saturated heterocycles. The topological polar surface area (TPSA) is 3.24 Å². The molecular formula is C6H4ClF2N. The lowest BCUT2D eigenvalue weighted by Gasteiger charge is -2.01. The number of halogens is 3. The minimum atomic E-state index is -1.01. The van der Waals surface area contributed by atoms with Crippen LogP contribution in [-0.2, 0) is 0 Å². The largest absolute Gasteiger partial charge is 0.124 e. The maximum Gasteiger partial charge on any atom is 0.124 e. The maximum atomic E-state index is 11.8. The number of benzene rings is 1. The molecule has 10 heavy (non-hydrogen) atoms. The van der Waals surface area contributed by atoms with Crippen LogP contribution in [0.25, 0.3) is 0 Å². The van der Waals surface area contributed by atoms with Crippen molar-refractivity contribution in [2.24, 2.45) is 0 Å². The molecule has 0 bridgehead atoms. The van der Waals surface area contributed by atoms with Gasteiger partial charge >= 0.3 is 0 Å². The zero-order chi connectivity index (χ0) is 7.56. The maximum absolute atomic E-state index is 11.8. The summed E-state index contributed by atoms with van der Waals surface area (Å²) < 4.78 is 23.6. The van der Waals surface area contributed by atoms with E-state index >= 15 is 0 Å². The summed E-state index contributed by atoms with van der Waals surface area (Å²) in [6, 6.07) is 5.73. The average molecular weight is 164 g/mol. The van der Waals surface area contributed by atoms with E-state index in [2.05, 4.69) is 0 Å². The van der Waals surface area contributed by atoms with E-state index in [1.807, 2.05) is 0 Å². The molecule has 0 aliphatic heterocycles. The van der Waals surface area contributed by atoms with E-state index in [-0.39, 0.29) is 10.7 Å². The van der Waals surface area contributed by atoms with E-state index in [9.17, 15) is 8.96 Å². The van der Waals surface area contributed by atoms with E-state index < -0.39 is 5.34 Å². The molecule has 0 fully saturated rings. The molecule has 0 unspecified atom stereocenters. The van der Waals surface area contributed by atoms with E-state index in [0.717, 1.165) is 0 Å². The Kier molecular flexibility index (Phi) is 2.06. The molecule has 0 atom stereocenters. The highest BCUT2D eigenvalue weighted by molar-refractivity contribution is 6.33. The van der Waals surface area contributed by atoms with Gasteiger partial charge in [0, 0.05) is 0 Å². The molecule has 54 valence electrons. The second kappa shape index (κ2) is 2.84. The van der Waals surface area contributed by atoms with Gasteiger partial charge in [0.05, 0.1) is 5.02 Å². The molecular weight excluding hydrogens is 160 g/mol. The van der Waals surface area contributed by atoms with Crippen molar-refractivity contribution in [1.82, 2.24) is 0 Å². The fourth-order valence-electron chi connectivity index (χ4n) is 0.589. The Labute approximate surface area is 61.7 Å². The van der Waals surface area contributed by atoms with Crippen LogP contribution in [0.3, 0.4) is 0 Å². The van der Waals surface area contributed by atoms with Gasteiger partial charge in [0.25, 0.3) is 0 Å². The minimum absolute atomic E-state index is 0.0486. The summed E-state index contributed by atoms with van der Waals surface area (Å²) in [6.45, 7) is 0. The smallest absolute Gasteiger partial charge is 0.0819 e. The van der Waals surface area contributed by atoms with Crippen molar-refractivity contribution in [1.29, 1.82) is 0 Å². The van der Waals surface area contributed by atoms with Gasteiger partial charge in [-0.2, -0.15) is 0 Å². The molecule has 1 rings (SSSR count). The summed E-state index contributed by atoms with van der Waals surface area (Å²) in [5.74, 6) is 0. The van der Waals surface area contributed by atoms with Gasteiger partial charge in [-0.3, -0.25) is 0 Å². The standard InChI is InChI=1S/C6H4ClF2N/c7-5-3-1-2-4-6(5)10(8)9/h1-4H. The van der Waals surface area contributed by atoms with E-state index in [0.29, 0.717) is 0 Å². The van der Waals surface area contributed by atoms with E-state index in [1.54, 1.807) is 6.07 Å². The third-order valence-electron chi connectivity index (χ3n) is 1.03. The molecule has 0 aromatic heterocycles. The molecule has 1 nitrogen and oxygen atoms in total. The number of para-hydroxylation sites is 1. The van der Waals surface area contributed by atoms with Crippen LogP contribution >= 0.6 is 11.6 Å². The summed E-state index contributed by atoms with van der Waals surface area (Å²) in [6.07, 6.45) is 0. The first-order chi connectivity index (χ1) is 4.72. The van der Waals surface area contributed by atoms with Crippen LogP contribution < -0.4 is 5.34 Å². The monoisotopic (exact) mass is 163 g/mol. The van der Waals surface area contributed by atoms with Crippen LogP contribution in [0.5, 0.6) is 0 Å². The minimum Gasteiger partial charge on any atom is -0.0819 e. The van der Waals surface area contributed by atoms with Crippen molar-refractivity contribution in [2.45, 2.75) is 0 Å². The highest BCUT2D eigenvalue weighted by Gasteiger charge is 2.05. The molecule has 0 saturated carbocycles. The van der Waals surface area contributed by atoms with Gasteiger partial charge in [-0.25, -0.2) is 0 Å². The summed E-state index contributed by atoms with van der Waals surface area (Å²) in [5.41, 5.74) is -0.274. The third-order valence-corrected chi connectivity index (χ3v) is 1.35. The van der Waals surface area contributed by atoms with Crippen LogP contribution in [-0.4, -0.2) is 0 Å². The molecule has 0 amide bonds. The van der Waals surface area contributed by atoms with Gasteiger partial charge in [-0.15, -0.1) is 0 Å². The average Bonchev–Trinajstić information content (AvgIpc) is 1.88. The van der Waals surface area contributed by atoms with Crippen molar-refractivity contribution in [3.63, 3.8) is 0 Å². The van der Waals surface area contributed by atoms with Gasteiger partial charge in [0.15, 0.2) is 0 Å². The Morgan fingerprint density at radius 1 is 1.20 bits per heavy atom. The molecule has 4 heteroatoms. The Bertz CT molecular complexity index is 227. The molecule has 0 spiro atoms. The van der Waals surface area contributed by atoms with Gasteiger partial charge in [-0.05, 0) is 17.5 Å².